The van der Waals surface area contributed by atoms with E-state index in [9.17, 15) is 0 Å². The lowest BCUT2D eigenvalue weighted by Gasteiger charge is -1.99. The van der Waals surface area contributed by atoms with Crippen LogP contribution in [0.2, 0.25) is 0 Å². The van der Waals surface area contributed by atoms with Crippen molar-refractivity contribution in [2.24, 2.45) is 0 Å². The van der Waals surface area contributed by atoms with E-state index >= 15 is 0 Å². The van der Waals surface area contributed by atoms with Gasteiger partial charge in [-0.15, -0.1) is 5.10 Å². The Morgan fingerprint density at radius 2 is 2.33 bits per heavy atom. The minimum absolute atomic E-state index is 0.748. The number of fused-ring (bicyclic) bond motifs is 1. The standard InChI is InChI=1S/C7H6BrN3O/c1-12-5-3-2-4(8)6-7(5)10-11-9-6/h2-3H,1H3,(H,9,10,11). The van der Waals surface area contributed by atoms with Crippen LogP contribution in [-0.2, 0) is 0 Å². The third-order valence-corrected chi connectivity index (χ3v) is 2.26. The van der Waals surface area contributed by atoms with Crippen molar-refractivity contribution in [2.45, 2.75) is 0 Å². The van der Waals surface area contributed by atoms with Gasteiger partial charge in [-0.05, 0) is 28.1 Å². The maximum atomic E-state index is 5.11. The normalized spacial score (nSPS) is 10.5. The molecule has 0 aliphatic heterocycles. The van der Waals surface area contributed by atoms with Gasteiger partial charge >= 0.3 is 0 Å². The Balaban J connectivity index is 2.82. The molecule has 0 fully saturated rings. The number of H-pyrrole nitrogens is 1. The Labute approximate surface area is 77.0 Å². The van der Waals surface area contributed by atoms with Gasteiger partial charge in [0.15, 0.2) is 0 Å². The van der Waals surface area contributed by atoms with Crippen LogP contribution >= 0.6 is 15.9 Å². The quantitative estimate of drug-likeness (QED) is 0.808. The second kappa shape index (κ2) is 2.75. The highest BCUT2D eigenvalue weighted by atomic mass is 79.9. The summed E-state index contributed by atoms with van der Waals surface area (Å²) in [6.45, 7) is 0. The Kier molecular flexibility index (Phi) is 1.73. The zero-order valence-corrected chi connectivity index (χ0v) is 7.92. The Hall–Kier alpha value is -1.10. The van der Waals surface area contributed by atoms with Gasteiger partial charge in [0.1, 0.15) is 16.8 Å². The van der Waals surface area contributed by atoms with Gasteiger partial charge in [-0.3, -0.25) is 5.10 Å². The smallest absolute Gasteiger partial charge is 0.146 e. The number of hydrogen-bond acceptors (Lipinski definition) is 3. The van der Waals surface area contributed by atoms with Crippen LogP contribution in [-0.4, -0.2) is 22.5 Å². The number of nitrogens with zero attached hydrogens (tertiary/aromatic N) is 2. The van der Waals surface area contributed by atoms with Crippen LogP contribution in [0.1, 0.15) is 0 Å². The molecule has 1 aromatic carbocycles. The van der Waals surface area contributed by atoms with E-state index in [0.29, 0.717) is 0 Å². The number of methoxy groups -OCH3 is 1. The van der Waals surface area contributed by atoms with Gasteiger partial charge < -0.3 is 4.74 Å². The second-order valence-electron chi connectivity index (χ2n) is 2.29. The minimum Gasteiger partial charge on any atom is -0.494 e. The number of aromatic amines is 1. The van der Waals surface area contributed by atoms with E-state index in [4.69, 9.17) is 4.74 Å². The molecule has 0 atom stereocenters. The Morgan fingerprint density at radius 1 is 1.50 bits per heavy atom. The van der Waals surface area contributed by atoms with Gasteiger partial charge in [-0.2, -0.15) is 0 Å². The third-order valence-electron chi connectivity index (χ3n) is 1.62. The fourth-order valence-corrected chi connectivity index (χ4v) is 1.46. The van der Waals surface area contributed by atoms with Crippen molar-refractivity contribution < 1.29 is 4.74 Å². The molecule has 0 bridgehead atoms. The number of ether oxygens (including phenoxy) is 1. The summed E-state index contributed by atoms with van der Waals surface area (Å²) in [4.78, 5) is 0. The molecule has 0 spiro atoms. The van der Waals surface area contributed by atoms with E-state index in [1.807, 2.05) is 12.1 Å². The van der Waals surface area contributed by atoms with Crippen molar-refractivity contribution >= 4 is 27.0 Å². The highest BCUT2D eigenvalue weighted by Crippen LogP contribution is 2.27. The molecule has 0 saturated carbocycles. The third kappa shape index (κ3) is 0.972. The van der Waals surface area contributed by atoms with E-state index in [-0.39, 0.29) is 0 Å². The highest BCUT2D eigenvalue weighted by molar-refractivity contribution is 9.10. The van der Waals surface area contributed by atoms with Crippen molar-refractivity contribution in [2.75, 3.05) is 7.11 Å². The van der Waals surface area contributed by atoms with Gasteiger partial charge in [0.05, 0.1) is 7.11 Å². The molecule has 0 aliphatic rings. The fourth-order valence-electron chi connectivity index (χ4n) is 1.05. The number of nitrogens with one attached hydrogen (secondary N) is 1. The van der Waals surface area contributed by atoms with E-state index < -0.39 is 0 Å². The van der Waals surface area contributed by atoms with Crippen molar-refractivity contribution in [1.29, 1.82) is 0 Å². The summed E-state index contributed by atoms with van der Waals surface area (Å²) in [5.41, 5.74) is 1.60. The number of benzene rings is 1. The number of hydrogen-bond donors (Lipinski definition) is 1. The summed E-state index contributed by atoms with van der Waals surface area (Å²) in [5.74, 6) is 0.748. The molecule has 1 N–H and O–H groups in total. The molecule has 1 heterocycles. The summed E-state index contributed by atoms with van der Waals surface area (Å²) in [7, 11) is 1.61. The molecule has 0 amide bonds. The van der Waals surface area contributed by atoms with Crippen LogP contribution < -0.4 is 4.74 Å². The summed E-state index contributed by atoms with van der Waals surface area (Å²) >= 11 is 3.36. The molecule has 0 radical (unpaired) electrons. The lowest BCUT2D eigenvalue weighted by Crippen LogP contribution is -1.84. The van der Waals surface area contributed by atoms with Gasteiger partial charge in [0, 0.05) is 4.47 Å². The van der Waals surface area contributed by atoms with E-state index in [2.05, 4.69) is 31.3 Å². The molecule has 2 aromatic rings. The van der Waals surface area contributed by atoms with E-state index in [1.165, 1.54) is 0 Å². The first-order chi connectivity index (χ1) is 5.83. The van der Waals surface area contributed by atoms with Gasteiger partial charge in [-0.1, -0.05) is 5.21 Å². The minimum atomic E-state index is 0.748. The molecule has 12 heavy (non-hydrogen) atoms. The Bertz CT molecular complexity index is 412. The predicted octanol–water partition coefficient (Wildman–Crippen LogP) is 1.73. The van der Waals surface area contributed by atoms with Crippen LogP contribution in [0.4, 0.5) is 0 Å². The molecule has 0 saturated heterocycles. The van der Waals surface area contributed by atoms with Crippen LogP contribution in [0.3, 0.4) is 0 Å². The first-order valence-corrected chi connectivity index (χ1v) is 4.15. The molecule has 0 unspecified atom stereocenters. The maximum Gasteiger partial charge on any atom is 0.146 e. The fraction of sp³-hybridized carbons (Fsp3) is 0.143. The van der Waals surface area contributed by atoms with E-state index in [0.717, 1.165) is 21.3 Å². The first-order valence-electron chi connectivity index (χ1n) is 3.36. The van der Waals surface area contributed by atoms with Crippen LogP contribution in [0.5, 0.6) is 5.75 Å². The van der Waals surface area contributed by atoms with Crippen molar-refractivity contribution in [3.05, 3.63) is 16.6 Å². The predicted molar refractivity (Wildman–Crippen MR) is 48.1 cm³/mol. The summed E-state index contributed by atoms with van der Waals surface area (Å²) < 4.78 is 6.02. The molecular formula is C7H6BrN3O. The van der Waals surface area contributed by atoms with E-state index in [1.54, 1.807) is 7.11 Å². The lowest BCUT2D eigenvalue weighted by atomic mass is 10.3. The molecule has 1 aromatic heterocycles. The molecule has 5 heteroatoms. The molecule has 62 valence electrons. The average molecular weight is 228 g/mol. The lowest BCUT2D eigenvalue weighted by molar-refractivity contribution is 0.418. The van der Waals surface area contributed by atoms with Crippen LogP contribution in [0.15, 0.2) is 16.6 Å². The monoisotopic (exact) mass is 227 g/mol. The Morgan fingerprint density at radius 3 is 3.08 bits per heavy atom. The van der Waals surface area contributed by atoms with Crippen molar-refractivity contribution in [3.63, 3.8) is 0 Å². The largest absolute Gasteiger partial charge is 0.494 e. The molecule has 2 rings (SSSR count). The average Bonchev–Trinajstić information content (AvgIpc) is 2.54. The zero-order chi connectivity index (χ0) is 8.55. The number of rotatable bonds is 1. The maximum absolute atomic E-state index is 5.11. The van der Waals surface area contributed by atoms with Crippen molar-refractivity contribution in [1.82, 2.24) is 15.4 Å². The first kappa shape index (κ1) is 7.54. The van der Waals surface area contributed by atoms with Gasteiger partial charge in [-0.25, -0.2) is 0 Å². The molecule has 0 aliphatic carbocycles. The highest BCUT2D eigenvalue weighted by Gasteiger charge is 2.06. The molecule has 4 nitrogen and oxygen atoms in total. The zero-order valence-electron chi connectivity index (χ0n) is 6.34. The summed E-state index contributed by atoms with van der Waals surface area (Å²) in [6, 6.07) is 3.73. The number of aromatic nitrogens is 3. The number of halogens is 1. The second-order valence-corrected chi connectivity index (χ2v) is 3.14. The topological polar surface area (TPSA) is 50.8 Å². The summed E-state index contributed by atoms with van der Waals surface area (Å²) in [6.07, 6.45) is 0. The van der Waals surface area contributed by atoms with Crippen LogP contribution in [0.25, 0.3) is 11.0 Å². The van der Waals surface area contributed by atoms with Gasteiger partial charge in [0.25, 0.3) is 0 Å². The van der Waals surface area contributed by atoms with Crippen LogP contribution in [0, 0.1) is 0 Å². The van der Waals surface area contributed by atoms with Crippen molar-refractivity contribution in [3.8, 4) is 5.75 Å². The molecular weight excluding hydrogens is 222 g/mol. The van der Waals surface area contributed by atoms with Gasteiger partial charge in [0.2, 0.25) is 0 Å². The SMILES string of the molecule is COc1ccc(Br)c2nn[nH]c12. The summed E-state index contributed by atoms with van der Waals surface area (Å²) in [5, 5.41) is 10.3.